The van der Waals surface area contributed by atoms with Gasteiger partial charge in [-0.2, -0.15) is 0 Å². The van der Waals surface area contributed by atoms with Crippen molar-refractivity contribution in [3.63, 3.8) is 0 Å². The van der Waals surface area contributed by atoms with E-state index in [0.717, 1.165) is 21.5 Å². The van der Waals surface area contributed by atoms with E-state index in [0.29, 0.717) is 16.5 Å². The van der Waals surface area contributed by atoms with Gasteiger partial charge in [0.1, 0.15) is 11.7 Å². The number of carbonyl (C=O) groups excluding carboxylic acids is 2. The number of carbonyl (C=O) groups is 2. The highest BCUT2D eigenvalue weighted by molar-refractivity contribution is 7.99. The molecule has 4 rings (SSSR count). The van der Waals surface area contributed by atoms with E-state index in [1.165, 1.54) is 11.8 Å². The summed E-state index contributed by atoms with van der Waals surface area (Å²) < 4.78 is 0. The fourth-order valence-electron chi connectivity index (χ4n) is 2.73. The number of halogens is 1. The van der Waals surface area contributed by atoms with Crippen LogP contribution in [-0.4, -0.2) is 28.6 Å². The number of rotatable bonds is 2. The van der Waals surface area contributed by atoms with Crippen LogP contribution in [0.25, 0.3) is 10.9 Å². The zero-order valence-electron chi connectivity index (χ0n) is 13.0. The van der Waals surface area contributed by atoms with Crippen LogP contribution in [0, 0.1) is 0 Å². The summed E-state index contributed by atoms with van der Waals surface area (Å²) in [5.74, 6) is -0.0651. The van der Waals surface area contributed by atoms with Crippen molar-refractivity contribution in [1.82, 2.24) is 10.3 Å². The van der Waals surface area contributed by atoms with Crippen LogP contribution < -0.4 is 10.6 Å². The number of H-pyrrole nitrogens is 1. The van der Waals surface area contributed by atoms with E-state index in [1.54, 1.807) is 18.2 Å². The number of para-hydroxylation sites is 1. The molecule has 1 aliphatic heterocycles. The van der Waals surface area contributed by atoms with Crippen LogP contribution in [0.4, 0.5) is 5.69 Å². The van der Waals surface area contributed by atoms with Crippen LogP contribution in [-0.2, 0) is 4.79 Å². The van der Waals surface area contributed by atoms with Gasteiger partial charge in [-0.25, -0.2) is 0 Å². The number of anilines is 1. The normalized spacial score (nSPS) is 16.8. The molecule has 0 saturated carbocycles. The molecule has 3 N–H and O–H groups in total. The van der Waals surface area contributed by atoms with Gasteiger partial charge in [-0.3, -0.25) is 9.59 Å². The van der Waals surface area contributed by atoms with Crippen molar-refractivity contribution in [2.75, 3.05) is 11.1 Å². The van der Waals surface area contributed by atoms with Crippen molar-refractivity contribution < 1.29 is 9.59 Å². The van der Waals surface area contributed by atoms with Gasteiger partial charge in [0.25, 0.3) is 5.91 Å². The summed E-state index contributed by atoms with van der Waals surface area (Å²) in [6.07, 6.45) is 0. The van der Waals surface area contributed by atoms with Gasteiger partial charge < -0.3 is 15.6 Å². The average Bonchev–Trinajstić information content (AvgIpc) is 2.95. The minimum Gasteiger partial charge on any atom is -0.351 e. The van der Waals surface area contributed by atoms with Crippen molar-refractivity contribution in [3.8, 4) is 0 Å². The van der Waals surface area contributed by atoms with E-state index in [9.17, 15) is 9.59 Å². The maximum Gasteiger partial charge on any atom is 0.268 e. The Morgan fingerprint density at radius 3 is 2.92 bits per heavy atom. The Hall–Kier alpha value is -2.44. The van der Waals surface area contributed by atoms with Crippen molar-refractivity contribution in [2.24, 2.45) is 0 Å². The van der Waals surface area contributed by atoms with Gasteiger partial charge in [0, 0.05) is 26.6 Å². The summed E-state index contributed by atoms with van der Waals surface area (Å²) in [6, 6.07) is 14.1. The highest BCUT2D eigenvalue weighted by Crippen LogP contribution is 2.30. The summed E-state index contributed by atoms with van der Waals surface area (Å²) in [6.45, 7) is 0. The molecule has 0 bridgehead atoms. The molecule has 5 nitrogen and oxygen atoms in total. The molecule has 126 valence electrons. The molecule has 0 saturated heterocycles. The van der Waals surface area contributed by atoms with Crippen LogP contribution >= 0.6 is 23.4 Å². The van der Waals surface area contributed by atoms with Crippen molar-refractivity contribution in [1.29, 1.82) is 0 Å². The summed E-state index contributed by atoms with van der Waals surface area (Å²) in [4.78, 5) is 29.0. The Bertz CT molecular complexity index is 985. The molecular formula is C18H14ClN3O2S. The molecule has 1 atom stereocenters. The number of fused-ring (bicyclic) bond motifs is 2. The number of benzene rings is 2. The third kappa shape index (κ3) is 3.23. The molecule has 2 aromatic carbocycles. The summed E-state index contributed by atoms with van der Waals surface area (Å²) in [5, 5.41) is 7.12. The van der Waals surface area contributed by atoms with Gasteiger partial charge in [-0.15, -0.1) is 11.8 Å². The Balaban J connectivity index is 1.53. The van der Waals surface area contributed by atoms with E-state index in [1.807, 2.05) is 30.3 Å². The second-order valence-electron chi connectivity index (χ2n) is 5.74. The lowest BCUT2D eigenvalue weighted by Gasteiger charge is -2.14. The second kappa shape index (κ2) is 6.46. The molecular weight excluding hydrogens is 358 g/mol. The standard InChI is InChI=1S/C18H14ClN3O2S/c19-11-5-6-12-10(7-11)8-14(20-12)17(23)22-15-9-25-16-4-2-1-3-13(16)21-18(15)24/h1-8,15,20H,9H2,(H,21,24)(H,22,23)/t15-/m1/s1. The predicted octanol–water partition coefficient (Wildman–Crippen LogP) is 3.66. The van der Waals surface area contributed by atoms with Gasteiger partial charge in [0.15, 0.2) is 0 Å². The van der Waals surface area contributed by atoms with Crippen molar-refractivity contribution in [3.05, 3.63) is 59.2 Å². The fourth-order valence-corrected chi connectivity index (χ4v) is 3.94. The lowest BCUT2D eigenvalue weighted by Crippen LogP contribution is -2.44. The Kier molecular flexibility index (Phi) is 4.15. The summed E-state index contributed by atoms with van der Waals surface area (Å²) in [5.41, 5.74) is 1.99. The third-order valence-corrected chi connectivity index (χ3v) is 5.40. The minimum atomic E-state index is -0.611. The number of thioether (sulfide) groups is 1. The molecule has 25 heavy (non-hydrogen) atoms. The third-order valence-electron chi connectivity index (χ3n) is 4.00. The number of hydrogen-bond acceptors (Lipinski definition) is 3. The molecule has 1 aliphatic rings. The van der Waals surface area contributed by atoms with Crippen LogP contribution in [0.1, 0.15) is 10.5 Å². The Labute approximate surface area is 153 Å². The molecule has 2 heterocycles. The Morgan fingerprint density at radius 1 is 1.20 bits per heavy atom. The summed E-state index contributed by atoms with van der Waals surface area (Å²) >= 11 is 7.51. The quantitative estimate of drug-likeness (QED) is 0.643. The molecule has 0 spiro atoms. The topological polar surface area (TPSA) is 74.0 Å². The highest BCUT2D eigenvalue weighted by atomic mass is 35.5. The van der Waals surface area contributed by atoms with E-state index in [-0.39, 0.29) is 11.8 Å². The van der Waals surface area contributed by atoms with E-state index in [4.69, 9.17) is 11.6 Å². The smallest absolute Gasteiger partial charge is 0.268 e. The molecule has 0 aliphatic carbocycles. The SMILES string of the molecule is O=C(N[C@@H]1CSc2ccccc2NC1=O)c1cc2cc(Cl)ccc2[nH]1. The first-order valence-corrected chi connectivity index (χ1v) is 9.08. The molecule has 7 heteroatoms. The molecule has 3 aromatic rings. The first kappa shape index (κ1) is 16.1. The number of nitrogens with one attached hydrogen (secondary N) is 3. The maximum atomic E-state index is 12.5. The largest absolute Gasteiger partial charge is 0.351 e. The van der Waals surface area contributed by atoms with Crippen molar-refractivity contribution in [2.45, 2.75) is 10.9 Å². The lowest BCUT2D eigenvalue weighted by atomic mass is 10.2. The van der Waals surface area contributed by atoms with Crippen LogP contribution in [0.15, 0.2) is 53.4 Å². The highest BCUT2D eigenvalue weighted by Gasteiger charge is 2.26. The number of amides is 2. The predicted molar refractivity (Wildman–Crippen MR) is 100 cm³/mol. The molecule has 0 fully saturated rings. The van der Waals surface area contributed by atoms with Gasteiger partial charge in [-0.1, -0.05) is 23.7 Å². The van der Waals surface area contributed by atoms with Crippen LogP contribution in [0.3, 0.4) is 0 Å². The van der Waals surface area contributed by atoms with Gasteiger partial charge in [0.05, 0.1) is 5.69 Å². The maximum absolute atomic E-state index is 12.5. The first-order chi connectivity index (χ1) is 12.1. The number of aromatic amines is 1. The van der Waals surface area contributed by atoms with E-state index < -0.39 is 6.04 Å². The monoisotopic (exact) mass is 371 g/mol. The zero-order valence-corrected chi connectivity index (χ0v) is 14.6. The number of hydrogen-bond donors (Lipinski definition) is 3. The van der Waals surface area contributed by atoms with Crippen LogP contribution in [0.5, 0.6) is 0 Å². The van der Waals surface area contributed by atoms with E-state index in [2.05, 4.69) is 15.6 Å². The molecule has 0 radical (unpaired) electrons. The zero-order chi connectivity index (χ0) is 17.4. The molecule has 1 aromatic heterocycles. The van der Waals surface area contributed by atoms with Gasteiger partial charge in [0.2, 0.25) is 5.91 Å². The molecule has 0 unspecified atom stereocenters. The summed E-state index contributed by atoms with van der Waals surface area (Å²) in [7, 11) is 0. The van der Waals surface area contributed by atoms with Crippen LogP contribution in [0.2, 0.25) is 5.02 Å². The fraction of sp³-hybridized carbons (Fsp3) is 0.111. The average molecular weight is 372 g/mol. The van der Waals surface area contributed by atoms with Crippen molar-refractivity contribution >= 4 is 51.8 Å². The Morgan fingerprint density at radius 2 is 2.04 bits per heavy atom. The number of aromatic nitrogens is 1. The lowest BCUT2D eigenvalue weighted by molar-refractivity contribution is -0.117. The van der Waals surface area contributed by atoms with Gasteiger partial charge >= 0.3 is 0 Å². The van der Waals surface area contributed by atoms with Gasteiger partial charge in [-0.05, 0) is 36.4 Å². The molecule has 2 amide bonds. The first-order valence-electron chi connectivity index (χ1n) is 7.72. The second-order valence-corrected chi connectivity index (χ2v) is 7.24. The van der Waals surface area contributed by atoms with E-state index >= 15 is 0 Å². The minimum absolute atomic E-state index is 0.218.